The van der Waals surface area contributed by atoms with Gasteiger partial charge in [0.2, 0.25) is 0 Å². The fourth-order valence-corrected chi connectivity index (χ4v) is 1.90. The Morgan fingerprint density at radius 1 is 1.21 bits per heavy atom. The van der Waals surface area contributed by atoms with Gasteiger partial charge in [0.05, 0.1) is 11.3 Å². The van der Waals surface area contributed by atoms with Crippen LogP contribution in [0.25, 0.3) is 11.3 Å². The molecule has 1 heterocycles. The summed E-state index contributed by atoms with van der Waals surface area (Å²) in [5.74, 6) is -0.182. The Morgan fingerprint density at radius 2 is 1.95 bits per heavy atom. The fourth-order valence-electron chi connectivity index (χ4n) is 1.90. The number of benzene rings is 1. The fraction of sp³-hybridized carbons (Fsp3) is 0.125. The van der Waals surface area contributed by atoms with E-state index in [4.69, 9.17) is 0 Å². The lowest BCUT2D eigenvalue weighted by atomic mass is 10.0. The van der Waals surface area contributed by atoms with Crippen LogP contribution in [0.2, 0.25) is 0 Å². The SMILES string of the molecule is C=C(C)NC(=O)c1cccnc1-c1ccccc1C. The molecule has 3 nitrogen and oxygen atoms in total. The number of nitrogens with one attached hydrogen (secondary N) is 1. The smallest absolute Gasteiger partial charge is 0.257 e. The number of aromatic nitrogens is 1. The summed E-state index contributed by atoms with van der Waals surface area (Å²) in [5, 5.41) is 2.72. The van der Waals surface area contributed by atoms with Crippen molar-refractivity contribution in [3.05, 3.63) is 66.0 Å². The van der Waals surface area contributed by atoms with Crippen molar-refractivity contribution >= 4 is 5.91 Å². The second-order valence-electron chi connectivity index (χ2n) is 4.45. The van der Waals surface area contributed by atoms with Gasteiger partial charge in [0.15, 0.2) is 0 Å². The van der Waals surface area contributed by atoms with Gasteiger partial charge in [0.1, 0.15) is 0 Å². The maximum atomic E-state index is 12.1. The van der Waals surface area contributed by atoms with Gasteiger partial charge in [-0.25, -0.2) is 0 Å². The lowest BCUT2D eigenvalue weighted by molar-refractivity contribution is 0.0966. The van der Waals surface area contributed by atoms with E-state index in [-0.39, 0.29) is 5.91 Å². The molecule has 1 amide bonds. The Kier molecular flexibility index (Phi) is 3.76. The van der Waals surface area contributed by atoms with E-state index in [9.17, 15) is 4.79 Å². The number of allylic oxidation sites excluding steroid dienone is 1. The number of rotatable bonds is 3. The highest BCUT2D eigenvalue weighted by Gasteiger charge is 2.14. The third-order valence-corrected chi connectivity index (χ3v) is 2.78. The van der Waals surface area contributed by atoms with Crippen LogP contribution < -0.4 is 5.32 Å². The highest BCUT2D eigenvalue weighted by molar-refractivity contribution is 6.00. The molecule has 3 heteroatoms. The van der Waals surface area contributed by atoms with Crippen LogP contribution in [0.3, 0.4) is 0 Å². The highest BCUT2D eigenvalue weighted by Crippen LogP contribution is 2.24. The summed E-state index contributed by atoms with van der Waals surface area (Å²) in [6.45, 7) is 7.44. The molecule has 0 saturated carbocycles. The predicted octanol–water partition coefficient (Wildman–Crippen LogP) is 3.32. The van der Waals surface area contributed by atoms with E-state index in [0.717, 1.165) is 11.1 Å². The Hall–Kier alpha value is -2.42. The number of carbonyl (C=O) groups is 1. The molecule has 0 aliphatic heterocycles. The largest absolute Gasteiger partial charge is 0.327 e. The molecule has 0 atom stereocenters. The van der Waals surface area contributed by atoms with Crippen LogP contribution in [0.15, 0.2) is 54.9 Å². The number of hydrogen-bond acceptors (Lipinski definition) is 2. The average Bonchev–Trinajstić information content (AvgIpc) is 2.38. The molecule has 2 aromatic rings. The first-order valence-electron chi connectivity index (χ1n) is 6.07. The molecule has 1 aromatic carbocycles. The van der Waals surface area contributed by atoms with Crippen molar-refractivity contribution in [2.45, 2.75) is 13.8 Å². The van der Waals surface area contributed by atoms with Gasteiger partial charge in [-0.05, 0) is 31.5 Å². The molecular weight excluding hydrogens is 236 g/mol. The standard InChI is InChI=1S/C16H16N2O/c1-11(2)18-16(19)14-9-6-10-17-15(14)13-8-5-4-7-12(13)3/h4-10H,1H2,2-3H3,(H,18,19). The van der Waals surface area contributed by atoms with Gasteiger partial charge in [-0.15, -0.1) is 0 Å². The Morgan fingerprint density at radius 3 is 2.63 bits per heavy atom. The summed E-state index contributed by atoms with van der Waals surface area (Å²) in [7, 11) is 0. The first kappa shape index (κ1) is 13.0. The zero-order valence-electron chi connectivity index (χ0n) is 11.1. The maximum absolute atomic E-state index is 12.1. The minimum atomic E-state index is -0.182. The van der Waals surface area contributed by atoms with E-state index >= 15 is 0 Å². The molecule has 0 bridgehead atoms. The van der Waals surface area contributed by atoms with E-state index < -0.39 is 0 Å². The number of nitrogens with zero attached hydrogens (tertiary/aromatic N) is 1. The third-order valence-electron chi connectivity index (χ3n) is 2.78. The molecule has 0 aliphatic carbocycles. The van der Waals surface area contributed by atoms with Crippen molar-refractivity contribution in [3.8, 4) is 11.3 Å². The van der Waals surface area contributed by atoms with Crippen LogP contribution in [0.1, 0.15) is 22.8 Å². The van der Waals surface area contributed by atoms with Gasteiger partial charge >= 0.3 is 0 Å². The summed E-state index contributed by atoms with van der Waals surface area (Å²) in [6, 6.07) is 11.4. The van der Waals surface area contributed by atoms with Crippen molar-refractivity contribution < 1.29 is 4.79 Å². The number of pyridine rings is 1. The normalized spacial score (nSPS) is 10.0. The van der Waals surface area contributed by atoms with Crippen LogP contribution in [-0.2, 0) is 0 Å². The minimum Gasteiger partial charge on any atom is -0.327 e. The van der Waals surface area contributed by atoms with Crippen LogP contribution in [-0.4, -0.2) is 10.9 Å². The van der Waals surface area contributed by atoms with Gasteiger partial charge in [0.25, 0.3) is 5.91 Å². The van der Waals surface area contributed by atoms with Crippen molar-refractivity contribution in [1.82, 2.24) is 10.3 Å². The lowest BCUT2D eigenvalue weighted by Gasteiger charge is -2.10. The van der Waals surface area contributed by atoms with E-state index in [0.29, 0.717) is 17.0 Å². The van der Waals surface area contributed by atoms with Gasteiger partial charge in [-0.1, -0.05) is 30.8 Å². The van der Waals surface area contributed by atoms with Crippen molar-refractivity contribution in [2.75, 3.05) is 0 Å². The van der Waals surface area contributed by atoms with E-state index in [1.165, 1.54) is 0 Å². The molecule has 0 spiro atoms. The van der Waals surface area contributed by atoms with Crippen LogP contribution in [0.4, 0.5) is 0 Å². The van der Waals surface area contributed by atoms with Crippen LogP contribution in [0, 0.1) is 6.92 Å². The minimum absolute atomic E-state index is 0.182. The van der Waals surface area contributed by atoms with Crippen LogP contribution in [0.5, 0.6) is 0 Å². The molecule has 0 fully saturated rings. The van der Waals surface area contributed by atoms with E-state index in [2.05, 4.69) is 16.9 Å². The molecule has 0 aliphatic rings. The first-order chi connectivity index (χ1) is 9.09. The Balaban J connectivity index is 2.51. The number of aryl methyl sites for hydroxylation is 1. The predicted molar refractivity (Wildman–Crippen MR) is 76.7 cm³/mol. The molecule has 1 aromatic heterocycles. The zero-order chi connectivity index (χ0) is 13.8. The number of hydrogen-bond donors (Lipinski definition) is 1. The highest BCUT2D eigenvalue weighted by atomic mass is 16.1. The van der Waals surface area contributed by atoms with Crippen molar-refractivity contribution in [3.63, 3.8) is 0 Å². The van der Waals surface area contributed by atoms with Gasteiger partial charge in [-0.2, -0.15) is 0 Å². The molecular formula is C16H16N2O. The number of amides is 1. The zero-order valence-corrected chi connectivity index (χ0v) is 11.1. The quantitative estimate of drug-likeness (QED) is 0.910. The summed E-state index contributed by atoms with van der Waals surface area (Å²) < 4.78 is 0. The van der Waals surface area contributed by atoms with Gasteiger partial charge < -0.3 is 5.32 Å². The van der Waals surface area contributed by atoms with Crippen molar-refractivity contribution in [1.29, 1.82) is 0 Å². The average molecular weight is 252 g/mol. The molecule has 19 heavy (non-hydrogen) atoms. The van der Waals surface area contributed by atoms with Crippen LogP contribution >= 0.6 is 0 Å². The maximum Gasteiger partial charge on any atom is 0.257 e. The first-order valence-corrected chi connectivity index (χ1v) is 6.07. The number of carbonyl (C=O) groups excluding carboxylic acids is 1. The van der Waals surface area contributed by atoms with E-state index in [1.807, 2.05) is 31.2 Å². The Labute approximate surface area is 113 Å². The lowest BCUT2D eigenvalue weighted by Crippen LogP contribution is -2.21. The summed E-state index contributed by atoms with van der Waals surface area (Å²) >= 11 is 0. The third kappa shape index (κ3) is 2.88. The van der Waals surface area contributed by atoms with Crippen molar-refractivity contribution in [2.24, 2.45) is 0 Å². The summed E-state index contributed by atoms with van der Waals surface area (Å²) in [6.07, 6.45) is 1.69. The molecule has 1 N–H and O–H groups in total. The molecule has 0 radical (unpaired) electrons. The second-order valence-corrected chi connectivity index (χ2v) is 4.45. The van der Waals surface area contributed by atoms with Gasteiger partial charge in [-0.3, -0.25) is 9.78 Å². The Bertz CT molecular complexity index is 632. The summed E-state index contributed by atoms with van der Waals surface area (Å²) in [4.78, 5) is 16.5. The monoisotopic (exact) mass is 252 g/mol. The van der Waals surface area contributed by atoms with E-state index in [1.54, 1.807) is 25.3 Å². The molecule has 96 valence electrons. The molecule has 0 unspecified atom stereocenters. The molecule has 0 saturated heterocycles. The summed E-state index contributed by atoms with van der Waals surface area (Å²) in [5.41, 5.74) is 3.92. The molecule has 2 rings (SSSR count). The van der Waals surface area contributed by atoms with Gasteiger partial charge in [0, 0.05) is 17.5 Å². The second kappa shape index (κ2) is 5.48. The topological polar surface area (TPSA) is 42.0 Å².